The molecule has 0 radical (unpaired) electrons. The quantitative estimate of drug-likeness (QED) is 0.714. The summed E-state index contributed by atoms with van der Waals surface area (Å²) < 4.78 is 0. The summed E-state index contributed by atoms with van der Waals surface area (Å²) in [6, 6.07) is 8.06. The van der Waals surface area contributed by atoms with Crippen LogP contribution < -0.4 is 10.6 Å². The van der Waals surface area contributed by atoms with Crippen LogP contribution in [0, 0.1) is 12.8 Å². The Bertz CT molecular complexity index is 453. The summed E-state index contributed by atoms with van der Waals surface area (Å²) in [4.78, 5) is 13.0. The van der Waals surface area contributed by atoms with Crippen molar-refractivity contribution in [2.24, 2.45) is 5.92 Å². The molecule has 1 aliphatic heterocycles. The number of amides is 1. The molecule has 0 saturated carbocycles. The molecule has 2 atom stereocenters. The Hall–Kier alpha value is -1.04. The van der Waals surface area contributed by atoms with Crippen LogP contribution in [-0.4, -0.2) is 42.5 Å². The number of carbonyl (C=O) groups is 1. The van der Waals surface area contributed by atoms with Gasteiger partial charge in [-0.3, -0.25) is 4.79 Å². The SMILES string of the molecule is Cc1ccccc1SCC(=O)NC[C@@H]1CCNC[C@H]1O. The van der Waals surface area contributed by atoms with Gasteiger partial charge in [-0.15, -0.1) is 11.8 Å². The molecule has 1 aliphatic rings. The number of aryl methyl sites for hydroxylation is 1. The van der Waals surface area contributed by atoms with Crippen LogP contribution in [0.25, 0.3) is 0 Å². The van der Waals surface area contributed by atoms with Crippen molar-refractivity contribution in [3.05, 3.63) is 29.8 Å². The Morgan fingerprint density at radius 2 is 2.30 bits per heavy atom. The van der Waals surface area contributed by atoms with E-state index in [9.17, 15) is 9.90 Å². The van der Waals surface area contributed by atoms with Gasteiger partial charge in [-0.05, 0) is 31.5 Å². The minimum atomic E-state index is -0.354. The maximum atomic E-state index is 11.8. The van der Waals surface area contributed by atoms with Gasteiger partial charge in [-0.1, -0.05) is 18.2 Å². The Morgan fingerprint density at radius 1 is 1.50 bits per heavy atom. The van der Waals surface area contributed by atoms with E-state index in [2.05, 4.69) is 10.6 Å². The standard InChI is InChI=1S/C15H22N2O2S/c1-11-4-2-3-5-14(11)20-10-15(19)17-8-12-6-7-16-9-13(12)18/h2-5,12-13,16,18H,6-10H2,1H3,(H,17,19)/t12-,13+/m0/s1. The van der Waals surface area contributed by atoms with Gasteiger partial charge in [0.25, 0.3) is 0 Å². The van der Waals surface area contributed by atoms with Gasteiger partial charge in [0, 0.05) is 23.9 Å². The fourth-order valence-electron chi connectivity index (χ4n) is 2.29. The van der Waals surface area contributed by atoms with E-state index in [1.165, 1.54) is 5.56 Å². The highest BCUT2D eigenvalue weighted by Gasteiger charge is 2.22. The first-order valence-corrected chi connectivity index (χ1v) is 7.99. The smallest absolute Gasteiger partial charge is 0.230 e. The first-order chi connectivity index (χ1) is 9.66. The number of carbonyl (C=O) groups excluding carboxylic acids is 1. The molecule has 4 nitrogen and oxygen atoms in total. The van der Waals surface area contributed by atoms with Crippen LogP contribution in [0.4, 0.5) is 0 Å². The molecule has 1 aromatic rings. The third-order valence-electron chi connectivity index (χ3n) is 3.60. The molecule has 0 aromatic heterocycles. The molecule has 5 heteroatoms. The van der Waals surface area contributed by atoms with Crippen LogP contribution in [0.3, 0.4) is 0 Å². The lowest BCUT2D eigenvalue weighted by Gasteiger charge is -2.28. The summed E-state index contributed by atoms with van der Waals surface area (Å²) in [5.41, 5.74) is 1.19. The van der Waals surface area contributed by atoms with E-state index in [1.54, 1.807) is 11.8 Å². The maximum Gasteiger partial charge on any atom is 0.230 e. The summed E-state index contributed by atoms with van der Waals surface area (Å²) in [5, 5.41) is 15.9. The first kappa shape index (κ1) is 15.4. The van der Waals surface area contributed by atoms with Crippen molar-refractivity contribution in [1.82, 2.24) is 10.6 Å². The molecule has 0 aliphatic carbocycles. The second-order valence-corrected chi connectivity index (χ2v) is 6.20. The molecule has 0 spiro atoms. The van der Waals surface area contributed by atoms with Gasteiger partial charge in [0.2, 0.25) is 5.91 Å². The van der Waals surface area contributed by atoms with E-state index in [-0.39, 0.29) is 17.9 Å². The Kier molecular flexibility index (Phi) is 5.88. The molecular formula is C15H22N2O2S. The Labute approximate surface area is 124 Å². The Morgan fingerprint density at radius 3 is 3.05 bits per heavy atom. The molecule has 110 valence electrons. The van der Waals surface area contributed by atoms with Crippen LogP contribution in [0.15, 0.2) is 29.2 Å². The largest absolute Gasteiger partial charge is 0.391 e. The molecule has 1 aromatic carbocycles. The first-order valence-electron chi connectivity index (χ1n) is 7.00. The zero-order valence-corrected chi connectivity index (χ0v) is 12.6. The van der Waals surface area contributed by atoms with Crippen molar-refractivity contribution in [3.8, 4) is 0 Å². The number of piperidine rings is 1. The Balaban J connectivity index is 1.71. The number of nitrogens with one attached hydrogen (secondary N) is 2. The van der Waals surface area contributed by atoms with Crippen LogP contribution >= 0.6 is 11.8 Å². The van der Waals surface area contributed by atoms with Gasteiger partial charge >= 0.3 is 0 Å². The molecule has 1 fully saturated rings. The van der Waals surface area contributed by atoms with E-state index in [0.717, 1.165) is 17.9 Å². The highest BCUT2D eigenvalue weighted by atomic mass is 32.2. The number of hydrogen-bond acceptors (Lipinski definition) is 4. The van der Waals surface area contributed by atoms with Crippen molar-refractivity contribution in [2.75, 3.05) is 25.4 Å². The van der Waals surface area contributed by atoms with Crippen LogP contribution in [0.5, 0.6) is 0 Å². The van der Waals surface area contributed by atoms with Gasteiger partial charge in [0.05, 0.1) is 11.9 Å². The number of β-amino-alcohol motifs (C(OH)–C–C–N with tert-alkyl or cyclic N) is 1. The summed E-state index contributed by atoms with van der Waals surface area (Å²) in [6.07, 6.45) is 0.555. The lowest BCUT2D eigenvalue weighted by atomic mass is 9.95. The fraction of sp³-hybridized carbons (Fsp3) is 0.533. The molecule has 1 heterocycles. The molecule has 20 heavy (non-hydrogen) atoms. The number of aliphatic hydroxyl groups excluding tert-OH is 1. The lowest BCUT2D eigenvalue weighted by Crippen LogP contribution is -2.45. The molecular weight excluding hydrogens is 272 g/mol. The summed E-state index contributed by atoms with van der Waals surface area (Å²) in [7, 11) is 0. The number of aliphatic hydroxyl groups is 1. The van der Waals surface area contributed by atoms with Crippen molar-refractivity contribution in [3.63, 3.8) is 0 Å². The van der Waals surface area contributed by atoms with Gasteiger partial charge in [-0.25, -0.2) is 0 Å². The highest BCUT2D eigenvalue weighted by Crippen LogP contribution is 2.21. The van der Waals surface area contributed by atoms with Crippen molar-refractivity contribution in [2.45, 2.75) is 24.3 Å². The normalized spacial score (nSPS) is 22.5. The maximum absolute atomic E-state index is 11.8. The molecule has 2 rings (SSSR count). The lowest BCUT2D eigenvalue weighted by molar-refractivity contribution is -0.118. The van der Waals surface area contributed by atoms with Crippen molar-refractivity contribution >= 4 is 17.7 Å². The van der Waals surface area contributed by atoms with Gasteiger partial charge in [-0.2, -0.15) is 0 Å². The van der Waals surface area contributed by atoms with E-state index in [0.29, 0.717) is 18.8 Å². The van der Waals surface area contributed by atoms with E-state index in [1.807, 2.05) is 31.2 Å². The van der Waals surface area contributed by atoms with Crippen LogP contribution in [-0.2, 0) is 4.79 Å². The fourth-order valence-corrected chi connectivity index (χ4v) is 3.15. The summed E-state index contributed by atoms with van der Waals surface area (Å²) >= 11 is 1.56. The molecule has 0 bridgehead atoms. The monoisotopic (exact) mass is 294 g/mol. The average molecular weight is 294 g/mol. The molecule has 1 saturated heterocycles. The predicted octanol–water partition coefficient (Wildman–Crippen LogP) is 1.17. The molecule has 1 amide bonds. The average Bonchev–Trinajstić information content (AvgIpc) is 2.45. The highest BCUT2D eigenvalue weighted by molar-refractivity contribution is 8.00. The second-order valence-electron chi connectivity index (χ2n) is 5.18. The predicted molar refractivity (Wildman–Crippen MR) is 81.9 cm³/mol. The van der Waals surface area contributed by atoms with Crippen LogP contribution in [0.1, 0.15) is 12.0 Å². The zero-order chi connectivity index (χ0) is 14.4. The van der Waals surface area contributed by atoms with E-state index < -0.39 is 0 Å². The summed E-state index contributed by atoms with van der Waals surface area (Å²) in [6.45, 7) is 4.15. The van der Waals surface area contributed by atoms with Gasteiger partial charge < -0.3 is 15.7 Å². The number of rotatable bonds is 5. The molecule has 0 unspecified atom stereocenters. The summed E-state index contributed by atoms with van der Waals surface area (Å²) in [5.74, 6) is 0.624. The number of hydrogen-bond donors (Lipinski definition) is 3. The minimum absolute atomic E-state index is 0.0315. The van der Waals surface area contributed by atoms with E-state index in [4.69, 9.17) is 0 Å². The molecule has 3 N–H and O–H groups in total. The second kappa shape index (κ2) is 7.67. The minimum Gasteiger partial charge on any atom is -0.391 e. The third-order valence-corrected chi connectivity index (χ3v) is 4.78. The van der Waals surface area contributed by atoms with Gasteiger partial charge in [0.15, 0.2) is 0 Å². The number of thioether (sulfide) groups is 1. The number of benzene rings is 1. The topological polar surface area (TPSA) is 61.4 Å². The zero-order valence-electron chi connectivity index (χ0n) is 11.8. The van der Waals surface area contributed by atoms with Crippen LogP contribution in [0.2, 0.25) is 0 Å². The van der Waals surface area contributed by atoms with E-state index >= 15 is 0 Å². The third kappa shape index (κ3) is 4.51. The van der Waals surface area contributed by atoms with Gasteiger partial charge in [0.1, 0.15) is 0 Å². The van der Waals surface area contributed by atoms with Crippen molar-refractivity contribution in [1.29, 1.82) is 0 Å². The van der Waals surface area contributed by atoms with Crippen molar-refractivity contribution < 1.29 is 9.90 Å².